The molecule has 0 saturated carbocycles. The fourth-order valence-corrected chi connectivity index (χ4v) is 2.81. The van der Waals surface area contributed by atoms with Gasteiger partial charge in [0.1, 0.15) is 0 Å². The molecule has 96 valence electrons. The van der Waals surface area contributed by atoms with Crippen LogP contribution in [0.5, 0.6) is 0 Å². The van der Waals surface area contributed by atoms with Crippen molar-refractivity contribution in [3.63, 3.8) is 0 Å². The number of imide groups is 1. The smallest absolute Gasteiger partial charge is 0.239 e. The third kappa shape index (κ3) is 3.69. The maximum atomic E-state index is 11.5. The Morgan fingerprint density at radius 3 is 2.53 bits per heavy atom. The van der Waals surface area contributed by atoms with Crippen LogP contribution in [0.15, 0.2) is 0 Å². The molecule has 2 aliphatic heterocycles. The SMILES string of the molecule is O=C1CSCC(=O)N1CCOC1CCNCC1. The third-order valence-electron chi connectivity index (χ3n) is 3.01. The van der Waals surface area contributed by atoms with Gasteiger partial charge in [-0.15, -0.1) is 11.8 Å². The molecule has 2 fully saturated rings. The van der Waals surface area contributed by atoms with E-state index in [-0.39, 0.29) is 17.9 Å². The van der Waals surface area contributed by atoms with E-state index in [0.29, 0.717) is 24.7 Å². The second-order valence-electron chi connectivity index (χ2n) is 4.25. The fraction of sp³-hybridized carbons (Fsp3) is 0.818. The van der Waals surface area contributed by atoms with Gasteiger partial charge in [-0.1, -0.05) is 0 Å². The van der Waals surface area contributed by atoms with Crippen molar-refractivity contribution < 1.29 is 14.3 Å². The lowest BCUT2D eigenvalue weighted by atomic mass is 10.1. The summed E-state index contributed by atoms with van der Waals surface area (Å²) in [7, 11) is 0. The van der Waals surface area contributed by atoms with Crippen LogP contribution >= 0.6 is 11.8 Å². The number of hydrogen-bond donors (Lipinski definition) is 1. The zero-order valence-electron chi connectivity index (χ0n) is 9.81. The highest BCUT2D eigenvalue weighted by Gasteiger charge is 2.26. The maximum absolute atomic E-state index is 11.5. The molecule has 0 radical (unpaired) electrons. The van der Waals surface area contributed by atoms with Crippen LogP contribution in [0.25, 0.3) is 0 Å². The largest absolute Gasteiger partial charge is 0.376 e. The van der Waals surface area contributed by atoms with Crippen molar-refractivity contribution >= 4 is 23.6 Å². The normalized spacial score (nSPS) is 23.2. The number of carbonyl (C=O) groups excluding carboxylic acids is 2. The van der Waals surface area contributed by atoms with Gasteiger partial charge >= 0.3 is 0 Å². The highest BCUT2D eigenvalue weighted by atomic mass is 32.2. The van der Waals surface area contributed by atoms with E-state index < -0.39 is 0 Å². The highest BCUT2D eigenvalue weighted by molar-refractivity contribution is 8.00. The molecule has 0 atom stereocenters. The summed E-state index contributed by atoms with van der Waals surface area (Å²) >= 11 is 1.39. The molecule has 0 spiro atoms. The van der Waals surface area contributed by atoms with Crippen molar-refractivity contribution in [3.8, 4) is 0 Å². The Hall–Kier alpha value is -0.590. The minimum atomic E-state index is -0.0832. The third-order valence-corrected chi connectivity index (χ3v) is 3.91. The molecule has 0 unspecified atom stereocenters. The van der Waals surface area contributed by atoms with E-state index in [2.05, 4.69) is 5.32 Å². The first-order chi connectivity index (χ1) is 8.27. The zero-order valence-corrected chi connectivity index (χ0v) is 10.6. The standard InChI is InChI=1S/C11H18N2O3S/c14-10-7-17-8-11(15)13(10)5-6-16-9-1-3-12-4-2-9/h9,12H,1-8H2. The van der Waals surface area contributed by atoms with Crippen LogP contribution < -0.4 is 5.32 Å². The van der Waals surface area contributed by atoms with Crippen molar-refractivity contribution in [1.82, 2.24) is 10.2 Å². The molecular weight excluding hydrogens is 240 g/mol. The van der Waals surface area contributed by atoms with Crippen molar-refractivity contribution in [2.24, 2.45) is 0 Å². The molecular formula is C11H18N2O3S. The monoisotopic (exact) mass is 258 g/mol. The molecule has 0 aromatic rings. The first-order valence-corrected chi connectivity index (χ1v) is 7.16. The highest BCUT2D eigenvalue weighted by Crippen LogP contribution is 2.12. The fourth-order valence-electron chi connectivity index (χ4n) is 2.04. The number of amides is 2. The van der Waals surface area contributed by atoms with Gasteiger partial charge in [0.05, 0.1) is 30.8 Å². The van der Waals surface area contributed by atoms with Gasteiger partial charge < -0.3 is 10.1 Å². The molecule has 2 heterocycles. The average molecular weight is 258 g/mol. The molecule has 2 rings (SSSR count). The molecule has 5 nitrogen and oxygen atoms in total. The first kappa shape index (κ1) is 12.9. The molecule has 2 amide bonds. The molecule has 0 aliphatic carbocycles. The molecule has 0 bridgehead atoms. The van der Waals surface area contributed by atoms with Crippen molar-refractivity contribution in [2.45, 2.75) is 18.9 Å². The summed E-state index contributed by atoms with van der Waals surface area (Å²) in [6.07, 6.45) is 2.30. The number of carbonyl (C=O) groups is 2. The maximum Gasteiger partial charge on any atom is 0.239 e. The van der Waals surface area contributed by atoms with Gasteiger partial charge in [0.2, 0.25) is 11.8 Å². The van der Waals surface area contributed by atoms with Crippen molar-refractivity contribution in [3.05, 3.63) is 0 Å². The summed E-state index contributed by atoms with van der Waals surface area (Å²) in [5.74, 6) is 0.665. The predicted octanol–water partition coefficient (Wildman–Crippen LogP) is -0.143. The number of thioether (sulfide) groups is 1. The second kappa shape index (κ2) is 6.37. The molecule has 0 aromatic carbocycles. The number of nitrogens with one attached hydrogen (secondary N) is 1. The van der Waals surface area contributed by atoms with E-state index in [4.69, 9.17) is 4.74 Å². The summed E-state index contributed by atoms with van der Waals surface area (Å²) in [4.78, 5) is 24.3. The van der Waals surface area contributed by atoms with Crippen LogP contribution in [0.3, 0.4) is 0 Å². The van der Waals surface area contributed by atoms with Crippen LogP contribution in [-0.4, -0.2) is 60.6 Å². The summed E-state index contributed by atoms with van der Waals surface area (Å²) in [6, 6.07) is 0. The van der Waals surface area contributed by atoms with E-state index in [0.717, 1.165) is 25.9 Å². The van der Waals surface area contributed by atoms with Gasteiger partial charge in [0.25, 0.3) is 0 Å². The van der Waals surface area contributed by atoms with Crippen LogP contribution in [0.2, 0.25) is 0 Å². The predicted molar refractivity (Wildman–Crippen MR) is 65.9 cm³/mol. The van der Waals surface area contributed by atoms with E-state index in [1.54, 1.807) is 0 Å². The molecule has 0 aromatic heterocycles. The molecule has 6 heteroatoms. The van der Waals surface area contributed by atoms with E-state index in [1.807, 2.05) is 0 Å². The molecule has 1 N–H and O–H groups in total. The van der Waals surface area contributed by atoms with Crippen LogP contribution in [-0.2, 0) is 14.3 Å². The number of ether oxygens (including phenoxy) is 1. The van der Waals surface area contributed by atoms with Crippen LogP contribution in [0.4, 0.5) is 0 Å². The Morgan fingerprint density at radius 2 is 1.88 bits per heavy atom. The topological polar surface area (TPSA) is 58.6 Å². The Morgan fingerprint density at radius 1 is 1.24 bits per heavy atom. The van der Waals surface area contributed by atoms with Gasteiger partial charge in [-0.2, -0.15) is 0 Å². The number of hydrogen-bond acceptors (Lipinski definition) is 5. The van der Waals surface area contributed by atoms with E-state index in [1.165, 1.54) is 16.7 Å². The number of nitrogens with zero attached hydrogens (tertiary/aromatic N) is 1. The lowest BCUT2D eigenvalue weighted by Gasteiger charge is -2.27. The Balaban J connectivity index is 1.69. The minimum absolute atomic E-state index is 0.0832. The zero-order chi connectivity index (χ0) is 12.1. The van der Waals surface area contributed by atoms with E-state index >= 15 is 0 Å². The minimum Gasteiger partial charge on any atom is -0.376 e. The van der Waals surface area contributed by atoms with E-state index in [9.17, 15) is 9.59 Å². The average Bonchev–Trinajstić information content (AvgIpc) is 2.34. The Bertz CT molecular complexity index is 276. The van der Waals surface area contributed by atoms with Gasteiger partial charge in [-0.3, -0.25) is 14.5 Å². The molecule has 17 heavy (non-hydrogen) atoms. The van der Waals surface area contributed by atoms with Crippen molar-refractivity contribution in [2.75, 3.05) is 37.7 Å². The lowest BCUT2D eigenvalue weighted by Crippen LogP contribution is -2.45. The van der Waals surface area contributed by atoms with Gasteiger partial charge in [0.15, 0.2) is 0 Å². The molecule has 2 aliphatic rings. The van der Waals surface area contributed by atoms with Crippen molar-refractivity contribution in [1.29, 1.82) is 0 Å². The summed E-state index contributed by atoms with van der Waals surface area (Å²) in [5, 5.41) is 3.27. The number of piperidine rings is 1. The van der Waals surface area contributed by atoms with Gasteiger partial charge in [-0.25, -0.2) is 0 Å². The molecule has 2 saturated heterocycles. The quantitative estimate of drug-likeness (QED) is 0.711. The second-order valence-corrected chi connectivity index (χ2v) is 5.24. The summed E-state index contributed by atoms with van der Waals surface area (Å²) in [6.45, 7) is 2.85. The first-order valence-electron chi connectivity index (χ1n) is 6.00. The van der Waals surface area contributed by atoms with Gasteiger partial charge in [-0.05, 0) is 25.9 Å². The summed E-state index contributed by atoms with van der Waals surface area (Å²) < 4.78 is 5.69. The Kier molecular flexibility index (Phi) is 4.82. The number of rotatable bonds is 4. The summed E-state index contributed by atoms with van der Waals surface area (Å²) in [5.41, 5.74) is 0. The van der Waals surface area contributed by atoms with Crippen LogP contribution in [0.1, 0.15) is 12.8 Å². The van der Waals surface area contributed by atoms with Crippen LogP contribution in [0, 0.1) is 0 Å². The van der Waals surface area contributed by atoms with Gasteiger partial charge in [0, 0.05) is 0 Å². The Labute approximate surface area is 105 Å². The lowest BCUT2D eigenvalue weighted by molar-refractivity contribution is -0.143.